The third-order valence-corrected chi connectivity index (χ3v) is 2.33. The van der Waals surface area contributed by atoms with Gasteiger partial charge in [0.25, 0.3) is 5.91 Å². The molecule has 1 aromatic rings. The lowest BCUT2D eigenvalue weighted by atomic mass is 10.3. The van der Waals surface area contributed by atoms with E-state index in [1.165, 1.54) is 4.90 Å². The molecular weight excluding hydrogens is 246 g/mol. The van der Waals surface area contributed by atoms with Crippen LogP contribution in [0.25, 0.3) is 0 Å². The molecule has 0 aliphatic carbocycles. The summed E-state index contributed by atoms with van der Waals surface area (Å²) in [6.45, 7) is 0.721. The summed E-state index contributed by atoms with van der Waals surface area (Å²) in [7, 11) is 5.04. The number of urea groups is 1. The van der Waals surface area contributed by atoms with Crippen LogP contribution in [0, 0.1) is 0 Å². The minimum Gasteiger partial charge on any atom is -0.373 e. The van der Waals surface area contributed by atoms with Crippen LogP contribution in [0.15, 0.2) is 18.2 Å². The third-order valence-electron chi connectivity index (χ3n) is 2.33. The molecule has 0 bridgehead atoms. The van der Waals surface area contributed by atoms with Crippen molar-refractivity contribution in [2.75, 3.05) is 39.5 Å². The van der Waals surface area contributed by atoms with E-state index in [1.807, 2.05) is 0 Å². The van der Waals surface area contributed by atoms with Gasteiger partial charge in [0.05, 0.1) is 0 Å². The van der Waals surface area contributed by atoms with Crippen molar-refractivity contribution in [2.24, 2.45) is 0 Å². The summed E-state index contributed by atoms with van der Waals surface area (Å²) < 4.78 is 0. The highest BCUT2D eigenvalue weighted by Gasteiger charge is 2.07. The maximum atomic E-state index is 11.8. The van der Waals surface area contributed by atoms with Crippen LogP contribution < -0.4 is 16.0 Å². The molecular formula is C12H19N5O2. The van der Waals surface area contributed by atoms with Crippen molar-refractivity contribution in [1.29, 1.82) is 0 Å². The lowest BCUT2D eigenvalue weighted by Gasteiger charge is -2.12. The summed E-state index contributed by atoms with van der Waals surface area (Å²) in [5.74, 6) is 0.366. The molecule has 1 heterocycles. The molecule has 0 unspecified atom stereocenters. The topological polar surface area (TPSA) is 86.4 Å². The van der Waals surface area contributed by atoms with Gasteiger partial charge in [-0.15, -0.1) is 0 Å². The van der Waals surface area contributed by atoms with E-state index in [9.17, 15) is 9.59 Å². The van der Waals surface area contributed by atoms with Crippen molar-refractivity contribution >= 4 is 17.8 Å². The maximum Gasteiger partial charge on any atom is 0.316 e. The molecule has 1 rings (SSSR count). The normalized spacial score (nSPS) is 9.63. The summed E-state index contributed by atoms with van der Waals surface area (Å²) in [5, 5.41) is 8.20. The summed E-state index contributed by atoms with van der Waals surface area (Å²) in [6, 6.07) is 4.97. The van der Waals surface area contributed by atoms with Gasteiger partial charge in [-0.25, -0.2) is 9.78 Å². The minimum absolute atomic E-state index is 0.190. The van der Waals surface area contributed by atoms with Crippen LogP contribution in [0.2, 0.25) is 0 Å². The molecule has 104 valence electrons. The first-order valence-corrected chi connectivity index (χ1v) is 5.92. The van der Waals surface area contributed by atoms with Crippen LogP contribution in [-0.4, -0.2) is 56.1 Å². The number of amides is 3. The molecule has 0 radical (unpaired) electrons. The van der Waals surface area contributed by atoms with Gasteiger partial charge in [-0.05, 0) is 12.1 Å². The standard InChI is InChI=1S/C12H19N5O2/c1-13-10-6-4-5-9(16-10)11(18)14-7-8-15-12(19)17(2)3/h4-6H,7-8H2,1-3H3,(H,13,16)(H,14,18)(H,15,19). The number of carbonyl (C=O) groups excluding carboxylic acids is 2. The largest absolute Gasteiger partial charge is 0.373 e. The van der Waals surface area contributed by atoms with Crippen molar-refractivity contribution in [2.45, 2.75) is 0 Å². The van der Waals surface area contributed by atoms with E-state index in [2.05, 4.69) is 20.9 Å². The maximum absolute atomic E-state index is 11.8. The first-order valence-electron chi connectivity index (χ1n) is 5.92. The van der Waals surface area contributed by atoms with E-state index in [1.54, 1.807) is 39.3 Å². The second-order valence-electron chi connectivity index (χ2n) is 4.04. The van der Waals surface area contributed by atoms with E-state index >= 15 is 0 Å². The predicted octanol–water partition coefficient (Wildman–Crippen LogP) is 0.124. The molecule has 0 fully saturated rings. The molecule has 0 aromatic carbocycles. The highest BCUT2D eigenvalue weighted by Crippen LogP contribution is 2.03. The summed E-state index contributed by atoms with van der Waals surface area (Å²) in [6.07, 6.45) is 0. The Morgan fingerprint density at radius 1 is 1.21 bits per heavy atom. The smallest absolute Gasteiger partial charge is 0.316 e. The van der Waals surface area contributed by atoms with Crippen molar-refractivity contribution < 1.29 is 9.59 Å². The SMILES string of the molecule is CNc1cccc(C(=O)NCCNC(=O)N(C)C)n1. The van der Waals surface area contributed by atoms with Crippen molar-refractivity contribution in [1.82, 2.24) is 20.5 Å². The Morgan fingerprint density at radius 3 is 2.53 bits per heavy atom. The molecule has 7 nitrogen and oxygen atoms in total. The van der Waals surface area contributed by atoms with E-state index in [4.69, 9.17) is 0 Å². The molecule has 0 saturated heterocycles. The zero-order chi connectivity index (χ0) is 14.3. The highest BCUT2D eigenvalue weighted by molar-refractivity contribution is 5.92. The van der Waals surface area contributed by atoms with Crippen molar-refractivity contribution in [3.63, 3.8) is 0 Å². The monoisotopic (exact) mass is 265 g/mol. The molecule has 19 heavy (non-hydrogen) atoms. The van der Waals surface area contributed by atoms with Gasteiger partial charge in [0.15, 0.2) is 0 Å². The quantitative estimate of drug-likeness (QED) is 0.660. The Balaban J connectivity index is 2.37. The third kappa shape index (κ3) is 4.82. The Labute approximate surface area is 112 Å². The molecule has 0 saturated carbocycles. The average Bonchev–Trinajstić information content (AvgIpc) is 2.42. The fourth-order valence-electron chi connectivity index (χ4n) is 1.29. The summed E-state index contributed by atoms with van der Waals surface area (Å²) in [5.41, 5.74) is 0.339. The van der Waals surface area contributed by atoms with E-state index in [-0.39, 0.29) is 11.9 Å². The Hall–Kier alpha value is -2.31. The number of nitrogens with zero attached hydrogens (tertiary/aromatic N) is 2. The molecule has 7 heteroatoms. The van der Waals surface area contributed by atoms with Crippen LogP contribution >= 0.6 is 0 Å². The molecule has 3 amide bonds. The zero-order valence-electron chi connectivity index (χ0n) is 11.4. The van der Waals surface area contributed by atoms with E-state index in [0.29, 0.717) is 24.6 Å². The Bertz CT molecular complexity index is 448. The fourth-order valence-corrected chi connectivity index (χ4v) is 1.29. The van der Waals surface area contributed by atoms with Gasteiger partial charge >= 0.3 is 6.03 Å². The van der Waals surface area contributed by atoms with Crippen LogP contribution in [0.4, 0.5) is 10.6 Å². The number of pyridine rings is 1. The van der Waals surface area contributed by atoms with Gasteiger partial charge in [0.2, 0.25) is 0 Å². The van der Waals surface area contributed by atoms with Gasteiger partial charge in [-0.2, -0.15) is 0 Å². The molecule has 0 atom stereocenters. The molecule has 0 spiro atoms. The lowest BCUT2D eigenvalue weighted by molar-refractivity contribution is 0.0949. The van der Waals surface area contributed by atoms with Crippen LogP contribution in [-0.2, 0) is 0 Å². The number of hydrogen-bond donors (Lipinski definition) is 3. The van der Waals surface area contributed by atoms with Gasteiger partial charge < -0.3 is 20.9 Å². The lowest BCUT2D eigenvalue weighted by Crippen LogP contribution is -2.39. The van der Waals surface area contributed by atoms with E-state index < -0.39 is 0 Å². The van der Waals surface area contributed by atoms with Crippen molar-refractivity contribution in [3.8, 4) is 0 Å². The number of nitrogens with one attached hydrogen (secondary N) is 3. The number of aromatic nitrogens is 1. The first kappa shape index (κ1) is 14.7. The van der Waals surface area contributed by atoms with Crippen LogP contribution in [0.1, 0.15) is 10.5 Å². The zero-order valence-corrected chi connectivity index (χ0v) is 11.4. The minimum atomic E-state index is -0.267. The molecule has 0 aliphatic rings. The number of hydrogen-bond acceptors (Lipinski definition) is 4. The Kier molecular flexibility index (Phi) is 5.59. The van der Waals surface area contributed by atoms with E-state index in [0.717, 1.165) is 0 Å². The van der Waals surface area contributed by atoms with Crippen molar-refractivity contribution in [3.05, 3.63) is 23.9 Å². The van der Waals surface area contributed by atoms with Gasteiger partial charge in [0, 0.05) is 34.2 Å². The van der Waals surface area contributed by atoms with Crippen LogP contribution in [0.5, 0.6) is 0 Å². The van der Waals surface area contributed by atoms with Gasteiger partial charge in [0.1, 0.15) is 11.5 Å². The number of carbonyl (C=O) groups is 2. The highest BCUT2D eigenvalue weighted by atomic mass is 16.2. The predicted molar refractivity (Wildman–Crippen MR) is 73.2 cm³/mol. The second kappa shape index (κ2) is 7.20. The van der Waals surface area contributed by atoms with Gasteiger partial charge in [-0.1, -0.05) is 6.07 Å². The first-order chi connectivity index (χ1) is 9.04. The molecule has 0 aliphatic heterocycles. The summed E-state index contributed by atoms with van der Waals surface area (Å²) in [4.78, 5) is 28.5. The number of rotatable bonds is 5. The van der Waals surface area contributed by atoms with Crippen LogP contribution in [0.3, 0.4) is 0 Å². The Morgan fingerprint density at radius 2 is 1.89 bits per heavy atom. The van der Waals surface area contributed by atoms with Gasteiger partial charge in [-0.3, -0.25) is 4.79 Å². The molecule has 3 N–H and O–H groups in total. The number of anilines is 1. The summed E-state index contributed by atoms with van der Waals surface area (Å²) >= 11 is 0. The fraction of sp³-hybridized carbons (Fsp3) is 0.417. The second-order valence-corrected chi connectivity index (χ2v) is 4.04. The molecule has 1 aromatic heterocycles. The average molecular weight is 265 g/mol.